The number of anilines is 1. The molecule has 0 bridgehead atoms. The number of pyridine rings is 1. The van der Waals surface area contributed by atoms with Crippen molar-refractivity contribution in [3.05, 3.63) is 71.4 Å². The van der Waals surface area contributed by atoms with Gasteiger partial charge in [-0.2, -0.15) is 0 Å². The molecular formula is C24H25N3O3. The molecule has 0 radical (unpaired) electrons. The number of para-hydroxylation sites is 2. The van der Waals surface area contributed by atoms with Crippen molar-refractivity contribution in [2.75, 3.05) is 37.7 Å². The van der Waals surface area contributed by atoms with Crippen LogP contribution in [-0.4, -0.2) is 54.5 Å². The Hall–Kier alpha value is -3.41. The molecule has 0 N–H and O–H groups in total. The maximum absolute atomic E-state index is 12.7. The lowest BCUT2D eigenvalue weighted by molar-refractivity contribution is -0.134. The van der Waals surface area contributed by atoms with Gasteiger partial charge in [-0.25, -0.2) is 4.79 Å². The highest BCUT2D eigenvalue weighted by Gasteiger charge is 2.24. The van der Waals surface area contributed by atoms with Crippen molar-refractivity contribution in [2.45, 2.75) is 13.8 Å². The van der Waals surface area contributed by atoms with Crippen molar-refractivity contribution in [1.82, 2.24) is 9.88 Å². The number of hydrogen-bond donors (Lipinski definition) is 0. The Balaban J connectivity index is 1.37. The third-order valence-electron chi connectivity index (χ3n) is 5.62. The van der Waals surface area contributed by atoms with E-state index in [1.54, 1.807) is 11.8 Å². The molecule has 6 nitrogen and oxygen atoms in total. The molecule has 30 heavy (non-hydrogen) atoms. The number of rotatable bonds is 4. The molecule has 1 aromatic heterocycles. The Labute approximate surface area is 176 Å². The highest BCUT2D eigenvalue weighted by Crippen LogP contribution is 2.23. The molecule has 2 aromatic carbocycles. The number of piperazine rings is 1. The summed E-state index contributed by atoms with van der Waals surface area (Å²) in [4.78, 5) is 33.8. The average Bonchev–Trinajstić information content (AvgIpc) is 2.78. The topological polar surface area (TPSA) is 62.7 Å². The molecule has 1 aliphatic heterocycles. The highest BCUT2D eigenvalue weighted by molar-refractivity contribution is 5.99. The van der Waals surface area contributed by atoms with E-state index in [9.17, 15) is 9.59 Å². The second-order valence-electron chi connectivity index (χ2n) is 7.49. The molecule has 1 aliphatic rings. The fourth-order valence-corrected chi connectivity index (χ4v) is 3.98. The number of benzene rings is 2. The van der Waals surface area contributed by atoms with E-state index < -0.39 is 5.97 Å². The number of carbonyl (C=O) groups is 2. The Bertz CT molecular complexity index is 1070. The Morgan fingerprint density at radius 2 is 1.60 bits per heavy atom. The molecule has 1 saturated heterocycles. The molecule has 6 heteroatoms. The number of hydrogen-bond acceptors (Lipinski definition) is 5. The quantitative estimate of drug-likeness (QED) is 0.625. The first kappa shape index (κ1) is 19.9. The first-order chi connectivity index (χ1) is 14.5. The van der Waals surface area contributed by atoms with Crippen molar-refractivity contribution in [3.8, 4) is 0 Å². The van der Waals surface area contributed by atoms with E-state index in [-0.39, 0.29) is 12.5 Å². The minimum Gasteiger partial charge on any atom is -0.452 e. The van der Waals surface area contributed by atoms with Crippen LogP contribution in [0, 0.1) is 13.8 Å². The second kappa shape index (κ2) is 8.53. The van der Waals surface area contributed by atoms with Crippen molar-refractivity contribution >= 4 is 28.5 Å². The fourth-order valence-electron chi connectivity index (χ4n) is 3.98. The molecular weight excluding hydrogens is 378 g/mol. The Kier molecular flexibility index (Phi) is 5.65. The van der Waals surface area contributed by atoms with Crippen LogP contribution >= 0.6 is 0 Å². The third kappa shape index (κ3) is 3.99. The van der Waals surface area contributed by atoms with E-state index in [0.717, 1.165) is 35.2 Å². The average molecular weight is 403 g/mol. The highest BCUT2D eigenvalue weighted by atomic mass is 16.5. The van der Waals surface area contributed by atoms with Crippen molar-refractivity contribution < 1.29 is 14.3 Å². The van der Waals surface area contributed by atoms with Crippen LogP contribution in [0.25, 0.3) is 10.9 Å². The lowest BCUT2D eigenvalue weighted by atomic mass is 10.0. The number of ether oxygens (including phenoxy) is 1. The summed E-state index contributed by atoms with van der Waals surface area (Å²) in [6, 6.07) is 17.8. The van der Waals surface area contributed by atoms with Crippen LogP contribution in [-0.2, 0) is 9.53 Å². The van der Waals surface area contributed by atoms with Crippen molar-refractivity contribution in [2.24, 2.45) is 0 Å². The molecule has 0 saturated carbocycles. The lowest BCUT2D eigenvalue weighted by Gasteiger charge is -2.36. The zero-order valence-electron chi connectivity index (χ0n) is 17.3. The number of esters is 1. The molecule has 0 unspecified atom stereocenters. The first-order valence-electron chi connectivity index (χ1n) is 10.2. The number of amides is 1. The van der Waals surface area contributed by atoms with Crippen LogP contribution < -0.4 is 4.90 Å². The van der Waals surface area contributed by atoms with Gasteiger partial charge in [-0.3, -0.25) is 9.78 Å². The Morgan fingerprint density at radius 3 is 2.33 bits per heavy atom. The van der Waals surface area contributed by atoms with Gasteiger partial charge in [-0.05, 0) is 37.6 Å². The van der Waals surface area contributed by atoms with Crippen LogP contribution in [0.3, 0.4) is 0 Å². The molecule has 1 fully saturated rings. The van der Waals surface area contributed by atoms with Crippen LogP contribution in [0.15, 0.2) is 54.6 Å². The van der Waals surface area contributed by atoms with Crippen LogP contribution in [0.5, 0.6) is 0 Å². The van der Waals surface area contributed by atoms with Gasteiger partial charge in [0.15, 0.2) is 6.61 Å². The van der Waals surface area contributed by atoms with Gasteiger partial charge in [-0.15, -0.1) is 0 Å². The van der Waals surface area contributed by atoms with E-state index in [1.165, 1.54) is 0 Å². The van der Waals surface area contributed by atoms with Gasteiger partial charge >= 0.3 is 5.97 Å². The van der Waals surface area contributed by atoms with Crippen LogP contribution in [0.2, 0.25) is 0 Å². The minimum absolute atomic E-state index is 0.167. The summed E-state index contributed by atoms with van der Waals surface area (Å²) in [7, 11) is 0. The maximum Gasteiger partial charge on any atom is 0.340 e. The van der Waals surface area contributed by atoms with Gasteiger partial charge in [0.05, 0.1) is 16.8 Å². The molecule has 0 aliphatic carbocycles. The zero-order chi connectivity index (χ0) is 21.1. The fraction of sp³-hybridized carbons (Fsp3) is 0.292. The predicted octanol–water partition coefficient (Wildman–Crippen LogP) is 3.36. The van der Waals surface area contributed by atoms with E-state index in [0.29, 0.717) is 24.3 Å². The van der Waals surface area contributed by atoms with Gasteiger partial charge in [-0.1, -0.05) is 36.4 Å². The lowest BCUT2D eigenvalue weighted by Crippen LogP contribution is -2.49. The summed E-state index contributed by atoms with van der Waals surface area (Å²) in [6.45, 7) is 6.17. The summed E-state index contributed by atoms with van der Waals surface area (Å²) in [5.41, 5.74) is 3.88. The first-order valence-corrected chi connectivity index (χ1v) is 10.2. The van der Waals surface area contributed by atoms with Crippen LogP contribution in [0.1, 0.15) is 21.6 Å². The largest absolute Gasteiger partial charge is 0.452 e. The number of aromatic nitrogens is 1. The van der Waals surface area contributed by atoms with Gasteiger partial charge in [0.25, 0.3) is 5.91 Å². The number of fused-ring (bicyclic) bond motifs is 1. The summed E-state index contributed by atoms with van der Waals surface area (Å²) >= 11 is 0. The minimum atomic E-state index is -0.500. The molecule has 4 rings (SSSR count). The molecule has 154 valence electrons. The second-order valence-corrected chi connectivity index (χ2v) is 7.49. The van der Waals surface area contributed by atoms with Crippen molar-refractivity contribution in [1.29, 1.82) is 0 Å². The third-order valence-corrected chi connectivity index (χ3v) is 5.62. The smallest absolute Gasteiger partial charge is 0.340 e. The standard InChI is InChI=1S/C24H25N3O3/c1-17-20-10-6-7-11-21(20)25-18(2)23(17)24(29)30-16-22(28)27-14-12-26(13-15-27)19-8-4-3-5-9-19/h3-11H,12-16H2,1-2H3. The van der Waals surface area contributed by atoms with Gasteiger partial charge < -0.3 is 14.5 Å². The van der Waals surface area contributed by atoms with Gasteiger partial charge in [0.1, 0.15) is 0 Å². The summed E-state index contributed by atoms with van der Waals surface area (Å²) in [6.07, 6.45) is 0. The molecule has 2 heterocycles. The van der Waals surface area contributed by atoms with Gasteiger partial charge in [0.2, 0.25) is 0 Å². The molecule has 0 atom stereocenters. The SMILES string of the molecule is Cc1nc2ccccc2c(C)c1C(=O)OCC(=O)N1CCN(c2ccccc2)CC1. The van der Waals surface area contributed by atoms with E-state index >= 15 is 0 Å². The van der Waals surface area contributed by atoms with E-state index in [4.69, 9.17) is 4.74 Å². The van der Waals surface area contributed by atoms with Crippen LogP contribution in [0.4, 0.5) is 5.69 Å². The van der Waals surface area contributed by atoms with Crippen molar-refractivity contribution in [3.63, 3.8) is 0 Å². The Morgan fingerprint density at radius 1 is 0.933 bits per heavy atom. The maximum atomic E-state index is 12.7. The number of carbonyl (C=O) groups excluding carboxylic acids is 2. The van der Waals surface area contributed by atoms with E-state index in [2.05, 4.69) is 22.0 Å². The monoisotopic (exact) mass is 403 g/mol. The summed E-state index contributed by atoms with van der Waals surface area (Å²) < 4.78 is 5.38. The number of aryl methyl sites for hydroxylation is 2. The number of nitrogens with zero attached hydrogens (tertiary/aromatic N) is 3. The predicted molar refractivity (Wildman–Crippen MR) is 117 cm³/mol. The van der Waals surface area contributed by atoms with Gasteiger partial charge in [0, 0.05) is 37.3 Å². The normalized spacial score (nSPS) is 14.1. The van der Waals surface area contributed by atoms with E-state index in [1.807, 2.05) is 49.4 Å². The molecule has 0 spiro atoms. The summed E-state index contributed by atoms with van der Waals surface area (Å²) in [5, 5.41) is 0.915. The summed E-state index contributed by atoms with van der Waals surface area (Å²) in [5.74, 6) is -0.667. The zero-order valence-corrected chi connectivity index (χ0v) is 17.3. The molecule has 1 amide bonds. The molecule has 3 aromatic rings.